The summed E-state index contributed by atoms with van der Waals surface area (Å²) in [6.45, 7) is 0.360. The van der Waals surface area contributed by atoms with Crippen molar-refractivity contribution >= 4 is 5.91 Å². The summed E-state index contributed by atoms with van der Waals surface area (Å²) in [5, 5.41) is 0. The van der Waals surface area contributed by atoms with Gasteiger partial charge in [0.05, 0.1) is 23.9 Å². The van der Waals surface area contributed by atoms with Crippen LogP contribution in [0.1, 0.15) is 27.0 Å². The first kappa shape index (κ1) is 23.2. The van der Waals surface area contributed by atoms with Crippen LogP contribution in [0.15, 0.2) is 97.3 Å². The number of hydrogen-bond donors (Lipinski definition) is 0. The summed E-state index contributed by atoms with van der Waals surface area (Å²) in [7, 11) is 1.56. The minimum Gasteiger partial charge on any atom is -0.496 e. The maximum absolute atomic E-state index is 13.8. The van der Waals surface area contributed by atoms with Crippen LogP contribution in [0.2, 0.25) is 0 Å². The molecule has 34 heavy (non-hydrogen) atoms. The molecule has 0 aliphatic carbocycles. The second-order valence-electron chi connectivity index (χ2n) is 7.78. The zero-order valence-electron chi connectivity index (χ0n) is 18.5. The van der Waals surface area contributed by atoms with Crippen molar-refractivity contribution in [3.05, 3.63) is 120 Å². The van der Waals surface area contributed by atoms with Gasteiger partial charge in [0.1, 0.15) is 5.75 Å². The summed E-state index contributed by atoms with van der Waals surface area (Å²) < 4.78 is 46.3. The number of halogens is 3. The predicted molar refractivity (Wildman–Crippen MR) is 124 cm³/mol. The third kappa shape index (κ3) is 5.14. The largest absolute Gasteiger partial charge is 0.496 e. The van der Waals surface area contributed by atoms with Crippen LogP contribution in [-0.2, 0) is 19.3 Å². The highest BCUT2D eigenvalue weighted by molar-refractivity contribution is 5.97. The van der Waals surface area contributed by atoms with Crippen LogP contribution < -0.4 is 4.74 Å². The summed E-state index contributed by atoms with van der Waals surface area (Å²) in [6.07, 6.45) is -0.708. The Labute approximate surface area is 195 Å². The zero-order valence-corrected chi connectivity index (χ0v) is 18.5. The van der Waals surface area contributed by atoms with Crippen molar-refractivity contribution in [1.29, 1.82) is 0 Å². The minimum absolute atomic E-state index is 0.134. The van der Waals surface area contributed by atoms with Gasteiger partial charge in [0.25, 0.3) is 5.91 Å². The molecule has 174 valence electrons. The fraction of sp³-hybridized carbons (Fsp3) is 0.148. The Hall–Kier alpha value is -4.00. The number of rotatable bonds is 7. The molecule has 0 N–H and O–H groups in total. The van der Waals surface area contributed by atoms with E-state index in [-0.39, 0.29) is 19.0 Å². The molecule has 1 aromatic heterocycles. The summed E-state index contributed by atoms with van der Waals surface area (Å²) in [5.41, 5.74) is 1.87. The molecule has 0 fully saturated rings. The van der Waals surface area contributed by atoms with Gasteiger partial charge in [-0.25, -0.2) is 0 Å². The Morgan fingerprint density at radius 2 is 1.50 bits per heavy atom. The Bertz CT molecular complexity index is 1250. The number of ether oxygens (including phenoxy) is 1. The highest BCUT2D eigenvalue weighted by Gasteiger charge is 2.30. The molecule has 0 atom stereocenters. The Morgan fingerprint density at radius 3 is 2.18 bits per heavy atom. The highest BCUT2D eigenvalue weighted by atomic mass is 19.4. The molecule has 3 aromatic carbocycles. The van der Waals surface area contributed by atoms with Crippen molar-refractivity contribution in [3.8, 4) is 11.4 Å². The molecule has 0 bridgehead atoms. The van der Waals surface area contributed by atoms with Crippen molar-refractivity contribution in [1.82, 2.24) is 9.47 Å². The van der Waals surface area contributed by atoms with Gasteiger partial charge in [-0.15, -0.1) is 0 Å². The molecular weight excluding hydrogens is 441 g/mol. The molecule has 7 heteroatoms. The third-order valence-electron chi connectivity index (χ3n) is 5.51. The van der Waals surface area contributed by atoms with Crippen LogP contribution >= 0.6 is 0 Å². The molecular formula is C27H23F3N2O2. The lowest BCUT2D eigenvalue weighted by molar-refractivity contribution is -0.137. The zero-order chi connectivity index (χ0) is 24.1. The van der Waals surface area contributed by atoms with E-state index in [1.807, 2.05) is 65.5 Å². The first-order chi connectivity index (χ1) is 16.4. The maximum atomic E-state index is 13.8. The van der Waals surface area contributed by atoms with E-state index < -0.39 is 11.7 Å². The van der Waals surface area contributed by atoms with Gasteiger partial charge in [0.2, 0.25) is 0 Å². The Kier molecular flexibility index (Phi) is 6.72. The van der Waals surface area contributed by atoms with E-state index in [0.717, 1.165) is 23.4 Å². The minimum atomic E-state index is -4.42. The average Bonchev–Trinajstić information content (AvgIpc) is 3.38. The Balaban J connectivity index is 1.70. The molecule has 0 spiro atoms. The van der Waals surface area contributed by atoms with Gasteiger partial charge in [-0.3, -0.25) is 4.79 Å². The number of methoxy groups -OCH3 is 1. The van der Waals surface area contributed by atoms with Crippen LogP contribution in [0, 0.1) is 0 Å². The molecule has 1 amide bonds. The van der Waals surface area contributed by atoms with Gasteiger partial charge in [-0.1, -0.05) is 42.5 Å². The van der Waals surface area contributed by atoms with Gasteiger partial charge in [-0.2, -0.15) is 13.2 Å². The van der Waals surface area contributed by atoms with Crippen LogP contribution in [-0.4, -0.2) is 22.5 Å². The van der Waals surface area contributed by atoms with Crippen molar-refractivity contribution in [2.45, 2.75) is 19.3 Å². The number of alkyl halides is 3. The van der Waals surface area contributed by atoms with Crippen molar-refractivity contribution < 1.29 is 22.7 Å². The van der Waals surface area contributed by atoms with Crippen molar-refractivity contribution in [2.75, 3.05) is 7.11 Å². The fourth-order valence-corrected chi connectivity index (χ4v) is 3.80. The molecule has 0 aliphatic heterocycles. The van der Waals surface area contributed by atoms with Crippen LogP contribution in [0.3, 0.4) is 0 Å². The third-order valence-corrected chi connectivity index (χ3v) is 5.51. The lowest BCUT2D eigenvalue weighted by Crippen LogP contribution is -2.31. The molecule has 0 saturated heterocycles. The number of aromatic nitrogens is 1. The first-order valence-corrected chi connectivity index (χ1v) is 10.7. The number of hydrogen-bond acceptors (Lipinski definition) is 2. The lowest BCUT2D eigenvalue weighted by Gasteiger charge is -2.25. The van der Waals surface area contributed by atoms with E-state index in [9.17, 15) is 18.0 Å². The number of carbonyl (C=O) groups is 1. The number of benzene rings is 3. The average molecular weight is 464 g/mol. The molecule has 0 radical (unpaired) electrons. The SMILES string of the molecule is COc1ccccc1CN(Cc1ccc(C(F)(F)F)cc1)C(=O)c1ccccc1-n1cccc1. The topological polar surface area (TPSA) is 34.5 Å². The molecule has 1 heterocycles. The van der Waals surface area contributed by atoms with Gasteiger partial charge in [0, 0.05) is 31.0 Å². The van der Waals surface area contributed by atoms with Gasteiger partial charge >= 0.3 is 6.18 Å². The second-order valence-corrected chi connectivity index (χ2v) is 7.78. The van der Waals surface area contributed by atoms with E-state index in [2.05, 4.69) is 0 Å². The lowest BCUT2D eigenvalue weighted by atomic mass is 10.1. The van der Waals surface area contributed by atoms with E-state index in [0.29, 0.717) is 16.9 Å². The summed E-state index contributed by atoms with van der Waals surface area (Å²) in [4.78, 5) is 15.4. The smallest absolute Gasteiger partial charge is 0.416 e. The molecule has 4 nitrogen and oxygen atoms in total. The first-order valence-electron chi connectivity index (χ1n) is 10.7. The van der Waals surface area contributed by atoms with E-state index in [1.165, 1.54) is 12.1 Å². The second kappa shape index (κ2) is 9.87. The number of nitrogens with zero attached hydrogens (tertiary/aromatic N) is 2. The monoisotopic (exact) mass is 464 g/mol. The molecule has 0 unspecified atom stereocenters. The van der Waals surface area contributed by atoms with Gasteiger partial charge in [0.15, 0.2) is 0 Å². The highest BCUT2D eigenvalue weighted by Crippen LogP contribution is 2.30. The van der Waals surface area contributed by atoms with Crippen LogP contribution in [0.25, 0.3) is 5.69 Å². The number of amides is 1. The maximum Gasteiger partial charge on any atom is 0.416 e. The molecule has 4 rings (SSSR count). The summed E-state index contributed by atoms with van der Waals surface area (Å²) in [5.74, 6) is 0.390. The summed E-state index contributed by atoms with van der Waals surface area (Å²) in [6, 6.07) is 23.2. The number of carbonyl (C=O) groups excluding carboxylic acids is 1. The summed E-state index contributed by atoms with van der Waals surface area (Å²) >= 11 is 0. The fourth-order valence-electron chi connectivity index (χ4n) is 3.80. The van der Waals surface area contributed by atoms with Crippen molar-refractivity contribution in [3.63, 3.8) is 0 Å². The predicted octanol–water partition coefficient (Wildman–Crippen LogP) is 6.35. The van der Waals surface area contributed by atoms with E-state index >= 15 is 0 Å². The molecule has 0 saturated carbocycles. The van der Waals surface area contributed by atoms with Gasteiger partial charge < -0.3 is 14.2 Å². The Morgan fingerprint density at radius 1 is 0.853 bits per heavy atom. The quantitative estimate of drug-likeness (QED) is 0.320. The molecule has 4 aromatic rings. The van der Waals surface area contributed by atoms with Gasteiger partial charge in [-0.05, 0) is 48.0 Å². The normalized spacial score (nSPS) is 11.3. The standard InChI is InChI=1S/C27H23F3N2O2/c1-34-25-11-5-2-8-21(25)19-32(18-20-12-14-22(15-13-20)27(28,29)30)26(33)23-9-3-4-10-24(23)31-16-6-7-17-31/h2-17H,18-19H2,1H3. The molecule has 0 aliphatic rings. The van der Waals surface area contributed by atoms with Crippen LogP contribution in [0.5, 0.6) is 5.75 Å². The van der Waals surface area contributed by atoms with E-state index in [1.54, 1.807) is 24.1 Å². The van der Waals surface area contributed by atoms with E-state index in [4.69, 9.17) is 4.74 Å². The van der Waals surface area contributed by atoms with Crippen molar-refractivity contribution in [2.24, 2.45) is 0 Å². The van der Waals surface area contributed by atoms with Crippen LogP contribution in [0.4, 0.5) is 13.2 Å². The number of para-hydroxylation sites is 2.